The van der Waals surface area contributed by atoms with E-state index in [0.29, 0.717) is 38.2 Å². The highest BCUT2D eigenvalue weighted by molar-refractivity contribution is 14.1. The predicted molar refractivity (Wildman–Crippen MR) is 153 cm³/mol. The molecule has 0 bridgehead atoms. The Kier molecular flexibility index (Phi) is 10.4. The molecule has 4 rings (SSSR count). The van der Waals surface area contributed by atoms with Crippen molar-refractivity contribution in [2.24, 2.45) is 5.92 Å². The number of methoxy groups -OCH3 is 1. The molecular formula is C29H34FIN2O7. The molecule has 1 fully saturated rings. The van der Waals surface area contributed by atoms with Crippen molar-refractivity contribution in [2.45, 2.75) is 50.5 Å². The molecule has 3 atom stereocenters. The van der Waals surface area contributed by atoms with Gasteiger partial charge in [0.2, 0.25) is 11.8 Å². The average molecular weight is 669 g/mol. The number of ether oxygens (including phenoxy) is 2. The first-order chi connectivity index (χ1) is 19.2. The van der Waals surface area contributed by atoms with Crippen molar-refractivity contribution in [2.75, 3.05) is 26.8 Å². The topological polar surface area (TPSA) is 129 Å². The molecule has 2 aromatic carbocycles. The highest BCUT2D eigenvalue weighted by Crippen LogP contribution is 2.38. The third-order valence-corrected chi connectivity index (χ3v) is 7.88. The lowest BCUT2D eigenvalue weighted by Gasteiger charge is -2.41. The average Bonchev–Trinajstić information content (AvgIpc) is 3.80. The molecule has 2 aliphatic rings. The first kappa shape index (κ1) is 30.2. The first-order valence-corrected chi connectivity index (χ1v) is 14.3. The lowest BCUT2D eigenvalue weighted by Crippen LogP contribution is -2.56. The fourth-order valence-electron chi connectivity index (χ4n) is 4.84. The maximum absolute atomic E-state index is 13.8. The van der Waals surface area contributed by atoms with Crippen LogP contribution in [-0.4, -0.2) is 77.1 Å². The molecule has 3 unspecified atom stereocenters. The number of halogens is 2. The molecule has 216 valence electrons. The number of nitrogens with one attached hydrogen (secondary N) is 1. The van der Waals surface area contributed by atoms with Crippen LogP contribution in [0.4, 0.5) is 4.39 Å². The van der Waals surface area contributed by atoms with E-state index in [0.717, 1.165) is 12.8 Å². The lowest BCUT2D eigenvalue weighted by atomic mass is 9.87. The summed E-state index contributed by atoms with van der Waals surface area (Å²) in [7, 11) is 1.46. The summed E-state index contributed by atoms with van der Waals surface area (Å²) >= 11 is 2.05. The van der Waals surface area contributed by atoms with Gasteiger partial charge < -0.3 is 35.0 Å². The van der Waals surface area contributed by atoms with Crippen LogP contribution in [0.3, 0.4) is 0 Å². The number of benzene rings is 2. The van der Waals surface area contributed by atoms with E-state index in [1.54, 1.807) is 29.2 Å². The zero-order chi connectivity index (χ0) is 28.8. The van der Waals surface area contributed by atoms with Gasteiger partial charge in [-0.05, 0) is 83.3 Å². The van der Waals surface area contributed by atoms with Gasteiger partial charge in [-0.15, -0.1) is 0 Å². The van der Waals surface area contributed by atoms with E-state index in [9.17, 15) is 29.3 Å². The van der Waals surface area contributed by atoms with Crippen LogP contribution < -0.4 is 14.8 Å². The SMILES string of the molecule is COc1cc(CO)cc(I)c1OC1C=C(C(=O)NCCO)CC(N(CCc2cccc(F)c2)C(=O)C2CC2)C1O. The van der Waals surface area contributed by atoms with E-state index in [4.69, 9.17) is 9.47 Å². The number of aliphatic hydroxyl groups excluding tert-OH is 3. The van der Waals surface area contributed by atoms with Crippen molar-refractivity contribution < 1.29 is 38.8 Å². The third kappa shape index (κ3) is 7.31. The van der Waals surface area contributed by atoms with Crippen molar-refractivity contribution >= 4 is 34.4 Å². The maximum Gasteiger partial charge on any atom is 0.247 e. The highest BCUT2D eigenvalue weighted by Gasteiger charge is 2.44. The van der Waals surface area contributed by atoms with Gasteiger partial charge in [0, 0.05) is 31.0 Å². The van der Waals surface area contributed by atoms with E-state index in [1.165, 1.54) is 25.3 Å². The third-order valence-electron chi connectivity index (χ3n) is 7.08. The molecule has 0 radical (unpaired) electrons. The van der Waals surface area contributed by atoms with E-state index in [-0.39, 0.29) is 50.4 Å². The van der Waals surface area contributed by atoms with E-state index < -0.39 is 24.2 Å². The fourth-order valence-corrected chi connectivity index (χ4v) is 5.63. The van der Waals surface area contributed by atoms with Gasteiger partial charge in [0.05, 0.1) is 29.9 Å². The second kappa shape index (κ2) is 13.7. The standard InChI is InChI=1S/C29H34FIN2O7/c1-39-25-13-18(16-35)12-22(31)27(25)40-24-15-20(28(37)32-8-10-34)14-23(26(24)36)33(29(38)19-5-6-19)9-7-17-3-2-4-21(30)11-17/h2-4,11-13,15,19,23-24,26,34-36H,5-10,14,16H2,1H3,(H,32,37). The van der Waals surface area contributed by atoms with E-state index in [1.807, 2.05) is 22.6 Å². The molecule has 0 saturated heterocycles. The van der Waals surface area contributed by atoms with E-state index >= 15 is 0 Å². The highest BCUT2D eigenvalue weighted by atomic mass is 127. The molecule has 2 amide bonds. The smallest absolute Gasteiger partial charge is 0.247 e. The Balaban J connectivity index is 1.67. The summed E-state index contributed by atoms with van der Waals surface area (Å²) in [5, 5.41) is 33.0. The van der Waals surface area contributed by atoms with Crippen LogP contribution >= 0.6 is 22.6 Å². The van der Waals surface area contributed by atoms with Crippen LogP contribution in [0.2, 0.25) is 0 Å². The van der Waals surface area contributed by atoms with Crippen molar-refractivity contribution in [1.82, 2.24) is 10.2 Å². The number of hydrogen-bond donors (Lipinski definition) is 4. The summed E-state index contributed by atoms with van der Waals surface area (Å²) in [5.41, 5.74) is 1.65. The number of amides is 2. The number of carbonyl (C=O) groups is 2. The quantitative estimate of drug-likeness (QED) is 0.256. The summed E-state index contributed by atoms with van der Waals surface area (Å²) in [6.45, 7) is -0.157. The normalized spacial score (nSPS) is 20.4. The molecule has 2 aromatic rings. The minimum atomic E-state index is -1.19. The Hall–Kier alpha value is -2.74. The minimum Gasteiger partial charge on any atom is -0.493 e. The Morgan fingerprint density at radius 1 is 1.18 bits per heavy atom. The van der Waals surface area contributed by atoms with Crippen LogP contribution in [0.25, 0.3) is 0 Å². The van der Waals surface area contributed by atoms with Crippen molar-refractivity contribution in [1.29, 1.82) is 0 Å². The molecular weight excluding hydrogens is 634 g/mol. The van der Waals surface area contributed by atoms with Gasteiger partial charge in [0.15, 0.2) is 11.5 Å². The van der Waals surface area contributed by atoms with Crippen molar-refractivity contribution in [3.8, 4) is 11.5 Å². The molecule has 0 aliphatic heterocycles. The summed E-state index contributed by atoms with van der Waals surface area (Å²) in [5.74, 6) is -0.386. The van der Waals surface area contributed by atoms with Gasteiger partial charge in [-0.25, -0.2) is 4.39 Å². The Bertz CT molecular complexity index is 1250. The monoisotopic (exact) mass is 668 g/mol. The molecule has 9 nitrogen and oxygen atoms in total. The second-order valence-corrected chi connectivity index (χ2v) is 11.1. The summed E-state index contributed by atoms with van der Waals surface area (Å²) in [6.07, 6.45) is 1.29. The minimum absolute atomic E-state index is 0.0492. The molecule has 40 heavy (non-hydrogen) atoms. The van der Waals surface area contributed by atoms with Gasteiger partial charge in [0.25, 0.3) is 0 Å². The maximum atomic E-state index is 13.8. The number of hydrogen-bond acceptors (Lipinski definition) is 7. The Labute approximate surface area is 246 Å². The van der Waals surface area contributed by atoms with Crippen LogP contribution in [0.1, 0.15) is 30.4 Å². The Morgan fingerprint density at radius 2 is 1.95 bits per heavy atom. The van der Waals surface area contributed by atoms with E-state index in [2.05, 4.69) is 5.32 Å². The number of aliphatic hydroxyl groups is 3. The van der Waals surface area contributed by atoms with Crippen LogP contribution in [0.15, 0.2) is 48.0 Å². The summed E-state index contributed by atoms with van der Waals surface area (Å²) in [6, 6.07) is 8.74. The first-order valence-electron chi connectivity index (χ1n) is 13.2. The van der Waals surface area contributed by atoms with Gasteiger partial charge >= 0.3 is 0 Å². The van der Waals surface area contributed by atoms with Crippen molar-refractivity contribution in [3.05, 3.63) is 68.6 Å². The molecule has 4 N–H and O–H groups in total. The molecule has 0 heterocycles. The predicted octanol–water partition coefficient (Wildman–Crippen LogP) is 2.33. The Morgan fingerprint density at radius 3 is 2.60 bits per heavy atom. The molecule has 0 aromatic heterocycles. The number of nitrogens with zero attached hydrogens (tertiary/aromatic N) is 1. The molecule has 1 saturated carbocycles. The van der Waals surface area contributed by atoms with Gasteiger partial charge in [-0.1, -0.05) is 12.1 Å². The van der Waals surface area contributed by atoms with Gasteiger partial charge in [-0.3, -0.25) is 9.59 Å². The number of carbonyl (C=O) groups excluding carboxylic acids is 2. The number of rotatable bonds is 12. The summed E-state index contributed by atoms with van der Waals surface area (Å²) < 4.78 is 26.2. The van der Waals surface area contributed by atoms with Crippen LogP contribution in [0.5, 0.6) is 11.5 Å². The zero-order valence-corrected chi connectivity index (χ0v) is 24.3. The molecule has 2 aliphatic carbocycles. The van der Waals surface area contributed by atoms with Crippen LogP contribution in [-0.2, 0) is 22.6 Å². The van der Waals surface area contributed by atoms with Crippen LogP contribution in [0, 0.1) is 15.3 Å². The largest absolute Gasteiger partial charge is 0.493 e. The van der Waals surface area contributed by atoms with Crippen molar-refractivity contribution in [3.63, 3.8) is 0 Å². The molecule has 0 spiro atoms. The zero-order valence-electron chi connectivity index (χ0n) is 22.2. The lowest BCUT2D eigenvalue weighted by molar-refractivity contribution is -0.139. The fraction of sp³-hybridized carbons (Fsp3) is 0.448. The second-order valence-electron chi connectivity index (χ2n) is 9.97. The van der Waals surface area contributed by atoms with Gasteiger partial charge in [-0.2, -0.15) is 0 Å². The molecule has 11 heteroatoms. The summed E-state index contributed by atoms with van der Waals surface area (Å²) in [4.78, 5) is 28.1. The van der Waals surface area contributed by atoms with Gasteiger partial charge in [0.1, 0.15) is 18.0 Å².